The van der Waals surface area contributed by atoms with Crippen LogP contribution in [0, 0.1) is 5.92 Å². The molecule has 0 fully saturated rings. The van der Waals surface area contributed by atoms with Gasteiger partial charge in [-0.05, 0) is 19.3 Å². The van der Waals surface area contributed by atoms with Gasteiger partial charge in [0.05, 0.1) is 16.9 Å². The minimum absolute atomic E-state index is 0.0726. The van der Waals surface area contributed by atoms with E-state index in [1.807, 2.05) is 0 Å². The van der Waals surface area contributed by atoms with Crippen LogP contribution >= 0.6 is 23.2 Å². The van der Waals surface area contributed by atoms with Gasteiger partial charge in [-0.25, -0.2) is 0 Å². The monoisotopic (exact) mass is 212 g/mol. The zero-order chi connectivity index (χ0) is 9.78. The lowest BCUT2D eigenvalue weighted by Gasteiger charge is -2.29. The molecule has 0 heterocycles. The molecule has 0 amide bonds. The van der Waals surface area contributed by atoms with Crippen molar-refractivity contribution in [2.75, 3.05) is 6.61 Å². The summed E-state index contributed by atoms with van der Waals surface area (Å²) in [6, 6.07) is 0. The lowest BCUT2D eigenvalue weighted by atomic mass is 9.93. The molecule has 0 aliphatic rings. The van der Waals surface area contributed by atoms with Crippen LogP contribution in [-0.4, -0.2) is 22.0 Å². The average Bonchev–Trinajstić information content (AvgIpc) is 2.03. The van der Waals surface area contributed by atoms with Crippen LogP contribution in [0.5, 0.6) is 0 Å². The normalized spacial score (nSPS) is 21.5. The number of aliphatic hydroxyl groups excluding tert-OH is 1. The van der Waals surface area contributed by atoms with Crippen molar-refractivity contribution in [3.63, 3.8) is 0 Å². The van der Waals surface area contributed by atoms with Crippen LogP contribution in [0.25, 0.3) is 0 Å². The van der Waals surface area contributed by atoms with Crippen molar-refractivity contribution in [2.24, 2.45) is 5.92 Å². The van der Waals surface area contributed by atoms with Gasteiger partial charge in [-0.15, -0.1) is 23.2 Å². The predicted octanol–water partition coefficient (Wildman–Crippen LogP) is 3.02. The van der Waals surface area contributed by atoms with Gasteiger partial charge in [-0.1, -0.05) is 20.3 Å². The van der Waals surface area contributed by atoms with E-state index in [4.69, 9.17) is 28.3 Å². The quantitative estimate of drug-likeness (QED) is 0.696. The number of hydrogen-bond acceptors (Lipinski definition) is 1. The van der Waals surface area contributed by atoms with Crippen molar-refractivity contribution in [2.45, 2.75) is 43.9 Å². The van der Waals surface area contributed by atoms with Crippen molar-refractivity contribution >= 4 is 23.2 Å². The lowest BCUT2D eigenvalue weighted by molar-refractivity contribution is 0.232. The summed E-state index contributed by atoms with van der Waals surface area (Å²) in [4.78, 5) is -0.684. The first-order valence-electron chi connectivity index (χ1n) is 4.39. The van der Waals surface area contributed by atoms with Gasteiger partial charge in [0.25, 0.3) is 0 Å². The van der Waals surface area contributed by atoms with Crippen molar-refractivity contribution < 1.29 is 5.11 Å². The van der Waals surface area contributed by atoms with E-state index >= 15 is 0 Å². The van der Waals surface area contributed by atoms with Gasteiger partial charge in [-0.3, -0.25) is 0 Å². The first-order valence-corrected chi connectivity index (χ1v) is 5.21. The van der Waals surface area contributed by atoms with Crippen molar-refractivity contribution in [1.29, 1.82) is 0 Å². The van der Waals surface area contributed by atoms with E-state index in [2.05, 4.69) is 13.8 Å². The number of alkyl halides is 2. The van der Waals surface area contributed by atoms with Crippen molar-refractivity contribution in [1.82, 2.24) is 0 Å². The molecule has 0 rings (SSSR count). The molecule has 0 saturated heterocycles. The molecule has 3 unspecified atom stereocenters. The molecule has 0 aliphatic heterocycles. The summed E-state index contributed by atoms with van der Waals surface area (Å²) < 4.78 is 0. The fourth-order valence-corrected chi connectivity index (χ4v) is 1.69. The molecule has 0 aromatic heterocycles. The molecular weight excluding hydrogens is 195 g/mol. The van der Waals surface area contributed by atoms with E-state index in [0.29, 0.717) is 5.92 Å². The highest BCUT2D eigenvalue weighted by molar-refractivity contribution is 6.32. The minimum Gasteiger partial charge on any atom is -0.394 e. The van der Waals surface area contributed by atoms with Gasteiger partial charge in [0.2, 0.25) is 0 Å². The van der Waals surface area contributed by atoms with Gasteiger partial charge >= 0.3 is 0 Å². The summed E-state index contributed by atoms with van der Waals surface area (Å²) in [5, 5.41) is 8.80. The number of hydrogen-bond donors (Lipinski definition) is 1. The highest BCUT2D eigenvalue weighted by atomic mass is 35.5. The SMILES string of the molecule is CCCC(C)C(Cl)C(C)(Cl)CO. The molecule has 0 aromatic rings. The van der Waals surface area contributed by atoms with E-state index in [1.165, 1.54) is 0 Å². The second-order valence-electron chi connectivity index (χ2n) is 3.60. The first-order chi connectivity index (χ1) is 5.45. The maximum Gasteiger partial charge on any atom is 0.0814 e. The Bertz CT molecular complexity index is 126. The molecule has 3 atom stereocenters. The minimum atomic E-state index is -0.684. The van der Waals surface area contributed by atoms with Crippen molar-refractivity contribution in [3.05, 3.63) is 0 Å². The smallest absolute Gasteiger partial charge is 0.0814 e. The maximum atomic E-state index is 8.97. The molecular formula is C9H18Cl2O. The summed E-state index contributed by atoms with van der Waals surface area (Å²) in [5.41, 5.74) is 0. The third kappa shape index (κ3) is 3.51. The maximum absolute atomic E-state index is 8.97. The second-order valence-corrected chi connectivity index (χ2v) is 4.94. The van der Waals surface area contributed by atoms with Crippen LogP contribution in [0.1, 0.15) is 33.6 Å². The highest BCUT2D eigenvalue weighted by Crippen LogP contribution is 2.31. The Morgan fingerprint density at radius 1 is 1.50 bits per heavy atom. The van der Waals surface area contributed by atoms with Crippen molar-refractivity contribution in [3.8, 4) is 0 Å². The molecule has 3 heteroatoms. The zero-order valence-electron chi connectivity index (χ0n) is 7.98. The largest absolute Gasteiger partial charge is 0.394 e. The topological polar surface area (TPSA) is 20.2 Å². The summed E-state index contributed by atoms with van der Waals surface area (Å²) in [5.74, 6) is 0.353. The predicted molar refractivity (Wildman–Crippen MR) is 55.1 cm³/mol. The average molecular weight is 213 g/mol. The fraction of sp³-hybridized carbons (Fsp3) is 1.00. The Balaban J connectivity index is 4.07. The Labute approximate surface area is 85.1 Å². The van der Waals surface area contributed by atoms with Crippen LogP contribution in [0.2, 0.25) is 0 Å². The Morgan fingerprint density at radius 3 is 2.33 bits per heavy atom. The standard InChI is InChI=1S/C9H18Cl2O/c1-4-5-7(2)8(10)9(3,11)6-12/h7-8,12H,4-6H2,1-3H3. The summed E-state index contributed by atoms with van der Waals surface area (Å²) >= 11 is 12.1. The number of halogens is 2. The number of rotatable bonds is 5. The molecule has 0 saturated carbocycles. The van der Waals surface area contributed by atoms with E-state index < -0.39 is 4.87 Å². The van der Waals surface area contributed by atoms with Gasteiger partial charge in [0.1, 0.15) is 0 Å². The lowest BCUT2D eigenvalue weighted by Crippen LogP contribution is -2.37. The molecule has 0 bridgehead atoms. The Hall–Kier alpha value is 0.540. The summed E-state index contributed by atoms with van der Waals surface area (Å²) in [7, 11) is 0. The highest BCUT2D eigenvalue weighted by Gasteiger charge is 2.33. The van der Waals surface area contributed by atoms with Crippen LogP contribution < -0.4 is 0 Å². The third-order valence-electron chi connectivity index (χ3n) is 2.13. The molecule has 1 nitrogen and oxygen atoms in total. The number of aliphatic hydroxyl groups is 1. The molecule has 1 N–H and O–H groups in total. The molecule has 0 spiro atoms. The Morgan fingerprint density at radius 2 is 2.00 bits per heavy atom. The van der Waals surface area contributed by atoms with Crippen LogP contribution in [-0.2, 0) is 0 Å². The molecule has 0 radical (unpaired) electrons. The zero-order valence-corrected chi connectivity index (χ0v) is 9.49. The second kappa shape index (κ2) is 5.31. The van der Waals surface area contributed by atoms with E-state index in [1.54, 1.807) is 6.92 Å². The van der Waals surface area contributed by atoms with E-state index in [-0.39, 0.29) is 12.0 Å². The molecule has 74 valence electrons. The van der Waals surface area contributed by atoms with Gasteiger partial charge in [-0.2, -0.15) is 0 Å². The molecule has 0 aromatic carbocycles. The molecule has 0 aliphatic carbocycles. The molecule has 12 heavy (non-hydrogen) atoms. The summed E-state index contributed by atoms with van der Waals surface area (Å²) in [6.07, 6.45) is 2.15. The van der Waals surface area contributed by atoms with Gasteiger partial charge in [0.15, 0.2) is 0 Å². The van der Waals surface area contributed by atoms with Crippen LogP contribution in [0.4, 0.5) is 0 Å². The fourth-order valence-electron chi connectivity index (χ4n) is 1.28. The van der Waals surface area contributed by atoms with Gasteiger partial charge in [0, 0.05) is 0 Å². The summed E-state index contributed by atoms with van der Waals surface area (Å²) in [6.45, 7) is 5.89. The Kier molecular flexibility index (Phi) is 5.55. The van der Waals surface area contributed by atoms with Crippen LogP contribution in [0.15, 0.2) is 0 Å². The first kappa shape index (κ1) is 12.5. The van der Waals surface area contributed by atoms with Gasteiger partial charge < -0.3 is 5.11 Å². The van der Waals surface area contributed by atoms with E-state index in [9.17, 15) is 0 Å². The van der Waals surface area contributed by atoms with E-state index in [0.717, 1.165) is 12.8 Å². The van der Waals surface area contributed by atoms with Crippen LogP contribution in [0.3, 0.4) is 0 Å². The third-order valence-corrected chi connectivity index (χ3v) is 3.51.